The summed E-state index contributed by atoms with van der Waals surface area (Å²) in [5, 5.41) is 0.502. The molecule has 0 aliphatic rings. The van der Waals surface area contributed by atoms with Crippen LogP contribution in [0.5, 0.6) is 0 Å². The lowest BCUT2D eigenvalue weighted by Crippen LogP contribution is -2.30. The summed E-state index contributed by atoms with van der Waals surface area (Å²) < 4.78 is 14.3. The minimum Gasteiger partial charge on any atom is -0.271 e. The highest BCUT2D eigenvalue weighted by Crippen LogP contribution is 2.32. The molecule has 0 fully saturated rings. The van der Waals surface area contributed by atoms with Crippen LogP contribution in [0, 0.1) is 5.82 Å². The van der Waals surface area contributed by atoms with Crippen LogP contribution < -0.4 is 11.3 Å². The van der Waals surface area contributed by atoms with Gasteiger partial charge in [-0.3, -0.25) is 11.3 Å². The molecule has 1 unspecified atom stereocenters. The summed E-state index contributed by atoms with van der Waals surface area (Å²) in [7, 11) is 0. The van der Waals surface area contributed by atoms with Crippen molar-refractivity contribution in [2.75, 3.05) is 5.75 Å². The first kappa shape index (κ1) is 15.8. The number of hydrogen-bond acceptors (Lipinski definition) is 3. The van der Waals surface area contributed by atoms with Gasteiger partial charge in [-0.2, -0.15) is 0 Å². The fourth-order valence-electron chi connectivity index (χ4n) is 1.74. The second kappa shape index (κ2) is 7.43. The number of hydrogen-bond donors (Lipinski definition) is 2. The molecule has 0 aliphatic carbocycles. The summed E-state index contributed by atoms with van der Waals surface area (Å²) in [6.07, 6.45) is 0. The third-order valence-electron chi connectivity index (χ3n) is 2.78. The minimum absolute atomic E-state index is 0.227. The molecule has 0 saturated carbocycles. The van der Waals surface area contributed by atoms with E-state index in [4.69, 9.17) is 17.4 Å². The first-order valence-electron chi connectivity index (χ1n) is 5.90. The predicted octanol–water partition coefficient (Wildman–Crippen LogP) is 4.54. The molecule has 2 rings (SSSR count). The Morgan fingerprint density at radius 2 is 2.05 bits per heavy atom. The Kier molecular flexibility index (Phi) is 5.86. The maximum Gasteiger partial charge on any atom is 0.123 e. The average molecular weight is 376 g/mol. The molecular formula is C14H13BrClFN2S. The van der Waals surface area contributed by atoms with Gasteiger partial charge in [-0.05, 0) is 51.8 Å². The number of hydrazine groups is 1. The Balaban J connectivity index is 2.13. The van der Waals surface area contributed by atoms with E-state index in [1.807, 2.05) is 24.3 Å². The lowest BCUT2D eigenvalue weighted by Gasteiger charge is -2.17. The molecule has 0 aromatic heterocycles. The summed E-state index contributed by atoms with van der Waals surface area (Å²) in [6.45, 7) is 0. The van der Waals surface area contributed by atoms with Crippen molar-refractivity contribution in [3.63, 3.8) is 0 Å². The molecule has 0 spiro atoms. The fraction of sp³-hybridized carbons (Fsp3) is 0.143. The molecule has 106 valence electrons. The second-order valence-corrected chi connectivity index (χ2v) is 6.45. The largest absolute Gasteiger partial charge is 0.271 e. The summed E-state index contributed by atoms with van der Waals surface area (Å²) >= 11 is 11.2. The van der Waals surface area contributed by atoms with Crippen molar-refractivity contribution in [1.82, 2.24) is 5.43 Å². The fourth-order valence-corrected chi connectivity index (χ4v) is 3.62. The Morgan fingerprint density at radius 3 is 2.75 bits per heavy atom. The summed E-state index contributed by atoms with van der Waals surface area (Å²) in [5.41, 5.74) is 3.35. The predicted molar refractivity (Wildman–Crippen MR) is 86.3 cm³/mol. The van der Waals surface area contributed by atoms with Crippen LogP contribution in [-0.2, 0) is 0 Å². The first-order chi connectivity index (χ1) is 9.61. The van der Waals surface area contributed by atoms with E-state index in [0.717, 1.165) is 9.37 Å². The van der Waals surface area contributed by atoms with Gasteiger partial charge in [-0.25, -0.2) is 4.39 Å². The highest BCUT2D eigenvalue weighted by molar-refractivity contribution is 9.10. The van der Waals surface area contributed by atoms with Crippen LogP contribution in [0.4, 0.5) is 4.39 Å². The van der Waals surface area contributed by atoms with E-state index < -0.39 is 0 Å². The zero-order valence-corrected chi connectivity index (χ0v) is 13.6. The molecule has 0 bridgehead atoms. The third kappa shape index (κ3) is 3.96. The molecule has 0 saturated heterocycles. The Labute approximate surface area is 135 Å². The molecule has 0 aliphatic heterocycles. The first-order valence-corrected chi connectivity index (χ1v) is 8.06. The van der Waals surface area contributed by atoms with E-state index in [2.05, 4.69) is 21.4 Å². The lowest BCUT2D eigenvalue weighted by atomic mass is 10.1. The van der Waals surface area contributed by atoms with Gasteiger partial charge < -0.3 is 0 Å². The number of rotatable bonds is 5. The molecular weight excluding hydrogens is 363 g/mol. The van der Waals surface area contributed by atoms with Gasteiger partial charge in [0.05, 0.1) is 6.04 Å². The molecule has 20 heavy (non-hydrogen) atoms. The van der Waals surface area contributed by atoms with Crippen LogP contribution in [0.1, 0.15) is 11.6 Å². The van der Waals surface area contributed by atoms with Crippen molar-refractivity contribution < 1.29 is 4.39 Å². The molecule has 0 heterocycles. The van der Waals surface area contributed by atoms with E-state index in [-0.39, 0.29) is 11.9 Å². The van der Waals surface area contributed by atoms with Gasteiger partial charge in [0.25, 0.3) is 0 Å². The number of halogens is 3. The van der Waals surface area contributed by atoms with E-state index >= 15 is 0 Å². The molecule has 6 heteroatoms. The van der Waals surface area contributed by atoms with Gasteiger partial charge in [0.2, 0.25) is 0 Å². The van der Waals surface area contributed by atoms with Crippen LogP contribution in [0.3, 0.4) is 0 Å². The van der Waals surface area contributed by atoms with Crippen molar-refractivity contribution in [3.05, 3.63) is 63.3 Å². The number of nitrogens with two attached hydrogens (primary N) is 1. The zero-order valence-electron chi connectivity index (χ0n) is 10.4. The SMILES string of the molecule is NNC(CSc1ccccc1Br)c1cc(F)ccc1Cl. The van der Waals surface area contributed by atoms with Gasteiger partial charge in [0.15, 0.2) is 0 Å². The van der Waals surface area contributed by atoms with E-state index in [1.54, 1.807) is 17.8 Å². The maximum absolute atomic E-state index is 13.3. The van der Waals surface area contributed by atoms with Crippen LogP contribution in [0.2, 0.25) is 5.02 Å². The summed E-state index contributed by atoms with van der Waals surface area (Å²) in [5.74, 6) is 5.89. The monoisotopic (exact) mass is 374 g/mol. The second-order valence-electron chi connectivity index (χ2n) is 4.13. The van der Waals surface area contributed by atoms with E-state index in [9.17, 15) is 4.39 Å². The van der Waals surface area contributed by atoms with Crippen molar-refractivity contribution in [1.29, 1.82) is 0 Å². The quantitative estimate of drug-likeness (QED) is 0.458. The van der Waals surface area contributed by atoms with Gasteiger partial charge in [-0.15, -0.1) is 11.8 Å². The highest BCUT2D eigenvalue weighted by atomic mass is 79.9. The van der Waals surface area contributed by atoms with E-state index in [1.165, 1.54) is 12.1 Å². The topological polar surface area (TPSA) is 38.0 Å². The summed E-state index contributed by atoms with van der Waals surface area (Å²) in [6, 6.07) is 12.0. The van der Waals surface area contributed by atoms with Crippen LogP contribution in [0.25, 0.3) is 0 Å². The molecule has 2 nitrogen and oxygen atoms in total. The number of nitrogens with one attached hydrogen (secondary N) is 1. The van der Waals surface area contributed by atoms with Gasteiger partial charge in [0, 0.05) is 20.1 Å². The zero-order chi connectivity index (χ0) is 14.5. The van der Waals surface area contributed by atoms with E-state index in [0.29, 0.717) is 16.3 Å². The Hall–Kier alpha value is -0.590. The highest BCUT2D eigenvalue weighted by Gasteiger charge is 2.15. The Bertz CT molecular complexity index is 597. The van der Waals surface area contributed by atoms with Crippen molar-refractivity contribution >= 4 is 39.3 Å². The average Bonchev–Trinajstić information content (AvgIpc) is 2.45. The summed E-state index contributed by atoms with van der Waals surface area (Å²) in [4.78, 5) is 1.10. The van der Waals surface area contributed by atoms with Crippen molar-refractivity contribution in [2.45, 2.75) is 10.9 Å². The molecule has 3 N–H and O–H groups in total. The maximum atomic E-state index is 13.3. The Morgan fingerprint density at radius 1 is 1.30 bits per heavy atom. The molecule has 0 amide bonds. The number of benzene rings is 2. The van der Waals surface area contributed by atoms with Crippen LogP contribution >= 0.6 is 39.3 Å². The molecule has 2 aromatic rings. The molecule has 1 atom stereocenters. The van der Waals surface area contributed by atoms with Gasteiger partial charge >= 0.3 is 0 Å². The minimum atomic E-state index is -0.324. The van der Waals surface area contributed by atoms with Gasteiger partial charge in [-0.1, -0.05) is 23.7 Å². The van der Waals surface area contributed by atoms with Crippen molar-refractivity contribution in [3.8, 4) is 0 Å². The lowest BCUT2D eigenvalue weighted by molar-refractivity contribution is 0.591. The standard InChI is InChI=1S/C14H13BrClFN2S/c15-11-3-1-2-4-14(11)20-8-13(19-18)10-7-9(17)5-6-12(10)16/h1-7,13,19H,8,18H2. The third-order valence-corrected chi connectivity index (χ3v) is 5.24. The molecule has 0 radical (unpaired) electrons. The normalized spacial score (nSPS) is 12.4. The molecule has 2 aromatic carbocycles. The smallest absolute Gasteiger partial charge is 0.123 e. The van der Waals surface area contributed by atoms with Gasteiger partial charge in [0.1, 0.15) is 5.82 Å². The van der Waals surface area contributed by atoms with Crippen LogP contribution in [0.15, 0.2) is 51.8 Å². The number of thioether (sulfide) groups is 1. The van der Waals surface area contributed by atoms with Crippen LogP contribution in [-0.4, -0.2) is 5.75 Å². The van der Waals surface area contributed by atoms with Crippen molar-refractivity contribution in [2.24, 2.45) is 5.84 Å².